The molecule has 1 spiro atoms. The predicted molar refractivity (Wildman–Crippen MR) is 300 cm³/mol. The lowest BCUT2D eigenvalue weighted by Gasteiger charge is -2.55. The third-order valence-electron chi connectivity index (χ3n) is 21.0. The Morgan fingerprint density at radius 3 is 1.54 bits per heavy atom. The molecule has 0 radical (unpaired) electrons. The molecule has 0 bridgehead atoms. The lowest BCUT2D eigenvalue weighted by molar-refractivity contribution is 0.192. The van der Waals surface area contributed by atoms with Crippen LogP contribution in [0.4, 0.5) is 39.8 Å². The van der Waals surface area contributed by atoms with Gasteiger partial charge < -0.3 is 14.7 Å². The van der Waals surface area contributed by atoms with Crippen molar-refractivity contribution in [1.29, 1.82) is 0 Å². The molecule has 71 heavy (non-hydrogen) atoms. The molecular weight excluding hydrogens is 858 g/mol. The smallest absolute Gasteiger partial charge is 0.252 e. The highest BCUT2D eigenvalue weighted by molar-refractivity contribution is 7.00. The Hall–Kier alpha value is -6.00. The second-order valence-electron chi connectivity index (χ2n) is 26.2. The molecule has 0 N–H and O–H groups in total. The molecular formula is C67H68BN3. The van der Waals surface area contributed by atoms with Crippen molar-refractivity contribution in [3.63, 3.8) is 0 Å². The second kappa shape index (κ2) is 13.3. The molecule has 0 amide bonds. The minimum absolute atomic E-state index is 0.000672. The molecule has 4 heteroatoms. The number of hydrogen-bond acceptors (Lipinski definition) is 3. The summed E-state index contributed by atoms with van der Waals surface area (Å²) in [6, 6.07) is 53.4. The number of benzene rings is 7. The average Bonchev–Trinajstić information content (AvgIpc) is 3.86. The monoisotopic (exact) mass is 926 g/mol. The highest BCUT2D eigenvalue weighted by atomic mass is 15.3. The number of nitrogens with zero attached hydrogens (tertiary/aromatic N) is 3. The van der Waals surface area contributed by atoms with Crippen molar-refractivity contribution in [3.8, 4) is 11.1 Å². The first-order valence-electron chi connectivity index (χ1n) is 27.3. The van der Waals surface area contributed by atoms with Gasteiger partial charge in [-0.15, -0.1) is 0 Å². The van der Waals surface area contributed by atoms with Crippen molar-refractivity contribution in [1.82, 2.24) is 0 Å². The number of anilines is 7. The van der Waals surface area contributed by atoms with Crippen molar-refractivity contribution in [3.05, 3.63) is 178 Å². The fourth-order valence-electron chi connectivity index (χ4n) is 17.3. The Morgan fingerprint density at radius 1 is 0.451 bits per heavy atom. The summed E-state index contributed by atoms with van der Waals surface area (Å²) in [5.41, 5.74) is 28.0. The molecule has 4 atom stereocenters. The maximum atomic E-state index is 3.00. The first-order valence-corrected chi connectivity index (χ1v) is 27.3. The van der Waals surface area contributed by atoms with Crippen molar-refractivity contribution in [2.24, 2.45) is 0 Å². The van der Waals surface area contributed by atoms with E-state index in [2.05, 4.69) is 217 Å². The van der Waals surface area contributed by atoms with Crippen LogP contribution < -0.4 is 31.1 Å². The molecule has 15 rings (SSSR count). The van der Waals surface area contributed by atoms with Gasteiger partial charge in [-0.3, -0.25) is 0 Å². The molecule has 2 fully saturated rings. The summed E-state index contributed by atoms with van der Waals surface area (Å²) in [5.74, 6) is 0. The molecule has 5 aliphatic heterocycles. The first-order chi connectivity index (χ1) is 34.0. The standard InChI is InChI=1S/C67H68BN3/c1-61(2,3)41-37-50-59-52(38-41)68-51-32-31-49(62(4,5)6)57-60(51)71(66(10)36-22-20-34-64(57,66)8)56-40-42(39-55(58(56)68)70(59)65(9)35-21-19-33-63(50,65)7)69-53-29-17-15-27-47(53)67(48-28-16-18-30-54(48)69)45-25-13-11-23-43(45)44-24-12-14-26-46(44)67/h11-18,23-32,37-40H,19-22,33-36H2,1-10H3. The number of rotatable bonds is 1. The van der Waals surface area contributed by atoms with E-state index >= 15 is 0 Å². The quantitative estimate of drug-likeness (QED) is 0.152. The van der Waals surface area contributed by atoms with Gasteiger partial charge in [0.05, 0.1) is 33.6 Å². The van der Waals surface area contributed by atoms with Crippen molar-refractivity contribution in [2.45, 2.75) is 159 Å². The summed E-state index contributed by atoms with van der Waals surface area (Å²) in [5, 5.41) is 0. The SMILES string of the molecule is CC(C)(C)c1cc2c3c(c1)C1(C)CCCCC1(C)N3c1cc(N3c4ccccc4C4(c5ccccc5-c5ccccc54)c4ccccc43)cc3c1B2c1ccc(C(C)(C)C)c2c1N3C1(C)CCCCC21C. The fourth-order valence-corrected chi connectivity index (χ4v) is 17.3. The van der Waals surface area contributed by atoms with Crippen LogP contribution >= 0.6 is 0 Å². The van der Waals surface area contributed by atoms with Crippen LogP contribution in [0, 0.1) is 0 Å². The molecule has 0 aromatic heterocycles. The van der Waals surface area contributed by atoms with E-state index in [-0.39, 0.29) is 39.5 Å². The van der Waals surface area contributed by atoms with Gasteiger partial charge in [0, 0.05) is 33.6 Å². The third kappa shape index (κ3) is 4.78. The highest BCUT2D eigenvalue weighted by Gasteiger charge is 2.66. The number of fused-ring (bicyclic) bond motifs is 19. The minimum atomic E-state index is -0.459. The van der Waals surface area contributed by atoms with Crippen LogP contribution in [0.25, 0.3) is 11.1 Å². The zero-order chi connectivity index (χ0) is 48.6. The Bertz CT molecular complexity index is 3440. The van der Waals surface area contributed by atoms with Gasteiger partial charge >= 0.3 is 0 Å². The van der Waals surface area contributed by atoms with E-state index < -0.39 is 5.41 Å². The van der Waals surface area contributed by atoms with E-state index in [0.717, 1.165) is 0 Å². The van der Waals surface area contributed by atoms with Crippen molar-refractivity contribution >= 4 is 62.9 Å². The van der Waals surface area contributed by atoms with Crippen molar-refractivity contribution in [2.75, 3.05) is 14.7 Å². The average molecular weight is 926 g/mol. The number of para-hydroxylation sites is 2. The zero-order valence-electron chi connectivity index (χ0n) is 43.8. The molecule has 5 heterocycles. The lowest BCUT2D eigenvalue weighted by Crippen LogP contribution is -2.66. The van der Waals surface area contributed by atoms with E-state index in [1.165, 1.54) is 152 Å². The van der Waals surface area contributed by atoms with E-state index in [0.29, 0.717) is 0 Å². The summed E-state index contributed by atoms with van der Waals surface area (Å²) in [4.78, 5) is 8.67. The van der Waals surface area contributed by atoms with Crippen LogP contribution in [-0.2, 0) is 27.1 Å². The summed E-state index contributed by atoms with van der Waals surface area (Å²) < 4.78 is 0. The topological polar surface area (TPSA) is 9.72 Å². The van der Waals surface area contributed by atoms with E-state index in [4.69, 9.17) is 0 Å². The van der Waals surface area contributed by atoms with Crippen LogP contribution in [0.15, 0.2) is 133 Å². The zero-order valence-corrected chi connectivity index (χ0v) is 43.8. The molecule has 0 saturated heterocycles. The molecule has 7 aromatic rings. The van der Waals surface area contributed by atoms with Crippen LogP contribution in [0.1, 0.15) is 165 Å². The van der Waals surface area contributed by atoms with Crippen LogP contribution in [-0.4, -0.2) is 17.8 Å². The first kappa shape index (κ1) is 42.7. The maximum Gasteiger partial charge on any atom is 0.252 e. The third-order valence-corrected chi connectivity index (χ3v) is 21.0. The molecule has 7 aromatic carbocycles. The summed E-state index contributed by atoms with van der Waals surface area (Å²) in [6.45, 7) is 25.5. The predicted octanol–water partition coefficient (Wildman–Crippen LogP) is 15.1. The molecule has 2 saturated carbocycles. The van der Waals surface area contributed by atoms with E-state index in [1.807, 2.05) is 0 Å². The highest BCUT2D eigenvalue weighted by Crippen LogP contribution is 2.68. The van der Waals surface area contributed by atoms with Gasteiger partial charge in [-0.1, -0.05) is 190 Å². The molecule has 3 nitrogen and oxygen atoms in total. The summed E-state index contributed by atoms with van der Waals surface area (Å²) >= 11 is 0. The lowest BCUT2D eigenvalue weighted by atomic mass is 9.33. The minimum Gasteiger partial charge on any atom is -0.335 e. The van der Waals surface area contributed by atoms with Gasteiger partial charge in [0.25, 0.3) is 6.71 Å². The normalized spacial score (nSPS) is 26.2. The Labute approximate surface area is 423 Å². The Balaban J connectivity index is 1.09. The van der Waals surface area contributed by atoms with E-state index in [9.17, 15) is 0 Å². The van der Waals surface area contributed by atoms with Gasteiger partial charge in [0.2, 0.25) is 0 Å². The Kier molecular flexibility index (Phi) is 8.02. The van der Waals surface area contributed by atoms with Crippen LogP contribution in [0.2, 0.25) is 0 Å². The van der Waals surface area contributed by atoms with Gasteiger partial charge in [0.15, 0.2) is 0 Å². The fraction of sp³-hybridized carbons (Fsp3) is 0.373. The Morgan fingerprint density at radius 2 is 0.958 bits per heavy atom. The second-order valence-corrected chi connectivity index (χ2v) is 26.2. The summed E-state index contributed by atoms with van der Waals surface area (Å²) in [6.07, 6.45) is 9.83. The maximum absolute atomic E-state index is 3.00. The largest absolute Gasteiger partial charge is 0.335 e. The molecule has 354 valence electrons. The van der Waals surface area contributed by atoms with Crippen LogP contribution in [0.5, 0.6) is 0 Å². The van der Waals surface area contributed by atoms with Gasteiger partial charge in [-0.05, 0) is 147 Å². The van der Waals surface area contributed by atoms with Crippen molar-refractivity contribution < 1.29 is 0 Å². The van der Waals surface area contributed by atoms with Gasteiger partial charge in [0.1, 0.15) is 0 Å². The van der Waals surface area contributed by atoms with Crippen LogP contribution in [0.3, 0.4) is 0 Å². The van der Waals surface area contributed by atoms with Gasteiger partial charge in [-0.2, -0.15) is 0 Å². The molecule has 4 unspecified atom stereocenters. The molecule has 3 aliphatic carbocycles. The number of hydrogen-bond donors (Lipinski definition) is 0. The molecule has 8 aliphatic rings. The van der Waals surface area contributed by atoms with Gasteiger partial charge in [-0.25, -0.2) is 0 Å². The van der Waals surface area contributed by atoms with E-state index in [1.54, 1.807) is 11.1 Å². The summed E-state index contributed by atoms with van der Waals surface area (Å²) in [7, 11) is 0.